The van der Waals surface area contributed by atoms with E-state index in [1.165, 1.54) is 11.9 Å². The Bertz CT molecular complexity index is 489. The molecule has 0 aromatic heterocycles. The van der Waals surface area contributed by atoms with Gasteiger partial charge in [0.25, 0.3) is 0 Å². The molecular weight excluding hydrogens is 316 g/mol. The lowest BCUT2D eigenvalue weighted by atomic mass is 10.1. The molecule has 0 bridgehead atoms. The SMILES string of the molecule is CCCCNC(=O)NSCC1(c2ccc(OC)cc2)OCCO1. The van der Waals surface area contributed by atoms with Crippen molar-refractivity contribution in [3.8, 4) is 5.75 Å². The predicted octanol–water partition coefficient (Wildman–Crippen LogP) is 2.64. The van der Waals surface area contributed by atoms with Crippen LogP contribution in [0.1, 0.15) is 25.3 Å². The van der Waals surface area contributed by atoms with Gasteiger partial charge in [0.15, 0.2) is 0 Å². The van der Waals surface area contributed by atoms with Crippen LogP contribution in [-0.2, 0) is 15.3 Å². The Morgan fingerprint density at radius 1 is 1.30 bits per heavy atom. The minimum atomic E-state index is -0.826. The summed E-state index contributed by atoms with van der Waals surface area (Å²) in [6.45, 7) is 3.84. The smallest absolute Gasteiger partial charge is 0.324 e. The molecule has 0 unspecified atom stereocenters. The quantitative estimate of drug-likeness (QED) is 0.562. The Kier molecular flexibility index (Phi) is 7.01. The van der Waals surface area contributed by atoms with E-state index in [-0.39, 0.29) is 6.03 Å². The summed E-state index contributed by atoms with van der Waals surface area (Å²) in [6.07, 6.45) is 2.02. The van der Waals surface area contributed by atoms with Crippen LogP contribution in [-0.4, -0.2) is 38.7 Å². The number of hydrogen-bond donors (Lipinski definition) is 2. The average Bonchev–Trinajstić information content (AvgIpc) is 3.05. The van der Waals surface area contributed by atoms with Gasteiger partial charge in [-0.2, -0.15) is 0 Å². The summed E-state index contributed by atoms with van der Waals surface area (Å²) in [6, 6.07) is 7.40. The highest BCUT2D eigenvalue weighted by atomic mass is 32.2. The number of carbonyl (C=O) groups excluding carboxylic acids is 1. The number of rotatable bonds is 8. The zero-order valence-corrected chi connectivity index (χ0v) is 14.4. The fourth-order valence-corrected chi connectivity index (χ4v) is 3.04. The minimum Gasteiger partial charge on any atom is -0.497 e. The van der Waals surface area contributed by atoms with Crippen molar-refractivity contribution in [1.82, 2.24) is 10.0 Å². The van der Waals surface area contributed by atoms with Crippen molar-refractivity contribution < 1.29 is 19.0 Å². The lowest BCUT2D eigenvalue weighted by Crippen LogP contribution is -2.36. The maximum Gasteiger partial charge on any atom is 0.324 e. The van der Waals surface area contributed by atoms with E-state index in [1.807, 2.05) is 24.3 Å². The van der Waals surface area contributed by atoms with Gasteiger partial charge in [-0.1, -0.05) is 13.3 Å². The van der Waals surface area contributed by atoms with E-state index < -0.39 is 5.79 Å². The third-order valence-electron chi connectivity index (χ3n) is 3.53. The Hall–Kier alpha value is -1.44. The van der Waals surface area contributed by atoms with Crippen LogP contribution >= 0.6 is 11.9 Å². The standard InChI is InChI=1S/C16H24N2O4S/c1-3-4-9-17-15(19)18-23-12-16(21-10-11-22-16)13-5-7-14(20-2)8-6-13/h5-8H,3-4,9-12H2,1-2H3,(H2,17,18,19). The number of nitrogens with one attached hydrogen (secondary N) is 2. The molecule has 2 N–H and O–H groups in total. The van der Waals surface area contributed by atoms with Crippen LogP contribution in [0, 0.1) is 0 Å². The fourth-order valence-electron chi connectivity index (χ4n) is 2.24. The number of urea groups is 1. The molecule has 2 amide bonds. The first kappa shape index (κ1) is 17.9. The van der Waals surface area contributed by atoms with Crippen LogP contribution in [0.3, 0.4) is 0 Å². The van der Waals surface area contributed by atoms with E-state index in [2.05, 4.69) is 17.0 Å². The van der Waals surface area contributed by atoms with E-state index in [4.69, 9.17) is 14.2 Å². The van der Waals surface area contributed by atoms with Crippen molar-refractivity contribution in [2.24, 2.45) is 0 Å². The van der Waals surface area contributed by atoms with Gasteiger partial charge < -0.3 is 19.5 Å². The molecule has 1 fully saturated rings. The molecule has 2 rings (SSSR count). The zero-order chi connectivity index (χ0) is 16.5. The van der Waals surface area contributed by atoms with E-state index in [9.17, 15) is 4.79 Å². The second-order valence-corrected chi connectivity index (χ2v) is 5.96. The number of benzene rings is 1. The molecule has 0 aliphatic carbocycles. The third-order valence-corrected chi connectivity index (χ3v) is 4.38. The van der Waals surface area contributed by atoms with Crippen molar-refractivity contribution in [3.63, 3.8) is 0 Å². The van der Waals surface area contributed by atoms with Crippen molar-refractivity contribution in [1.29, 1.82) is 0 Å². The van der Waals surface area contributed by atoms with Gasteiger partial charge in [-0.25, -0.2) is 4.79 Å². The van der Waals surface area contributed by atoms with Crippen LogP contribution in [0.2, 0.25) is 0 Å². The highest BCUT2D eigenvalue weighted by molar-refractivity contribution is 7.97. The van der Waals surface area contributed by atoms with Crippen molar-refractivity contribution in [2.45, 2.75) is 25.6 Å². The van der Waals surface area contributed by atoms with Gasteiger partial charge in [0.1, 0.15) is 5.75 Å². The fraction of sp³-hybridized carbons (Fsp3) is 0.562. The maximum absolute atomic E-state index is 11.7. The summed E-state index contributed by atoms with van der Waals surface area (Å²) >= 11 is 1.28. The van der Waals surface area contributed by atoms with Crippen LogP contribution in [0.4, 0.5) is 4.79 Å². The highest BCUT2D eigenvalue weighted by Gasteiger charge is 2.38. The summed E-state index contributed by atoms with van der Waals surface area (Å²) in [5.41, 5.74) is 0.913. The maximum atomic E-state index is 11.7. The Morgan fingerprint density at radius 3 is 2.61 bits per heavy atom. The average molecular weight is 340 g/mol. The molecule has 1 aliphatic rings. The Balaban J connectivity index is 1.89. The molecule has 1 heterocycles. The van der Waals surface area contributed by atoms with E-state index in [0.717, 1.165) is 24.2 Å². The number of ether oxygens (including phenoxy) is 3. The monoisotopic (exact) mass is 340 g/mol. The van der Waals surface area contributed by atoms with Crippen molar-refractivity contribution >= 4 is 18.0 Å². The van der Waals surface area contributed by atoms with Gasteiger partial charge in [0, 0.05) is 12.1 Å². The first-order valence-corrected chi connectivity index (χ1v) is 8.77. The second kappa shape index (κ2) is 9.00. The number of amides is 2. The first-order valence-electron chi connectivity index (χ1n) is 7.78. The number of carbonyl (C=O) groups is 1. The highest BCUT2D eigenvalue weighted by Crippen LogP contribution is 2.35. The number of hydrogen-bond acceptors (Lipinski definition) is 5. The molecule has 1 aromatic rings. The molecule has 23 heavy (non-hydrogen) atoms. The largest absolute Gasteiger partial charge is 0.497 e. The molecule has 1 aromatic carbocycles. The number of unbranched alkanes of at least 4 members (excludes halogenated alkanes) is 1. The molecule has 1 aliphatic heterocycles. The molecule has 7 heteroatoms. The first-order chi connectivity index (χ1) is 11.2. The minimum absolute atomic E-state index is 0.189. The molecular formula is C16H24N2O4S. The molecule has 0 saturated carbocycles. The summed E-state index contributed by atoms with van der Waals surface area (Å²) in [4.78, 5) is 11.7. The second-order valence-electron chi connectivity index (χ2n) is 5.18. The van der Waals surface area contributed by atoms with Gasteiger partial charge in [0.2, 0.25) is 5.79 Å². The van der Waals surface area contributed by atoms with E-state index in [1.54, 1.807) is 7.11 Å². The molecule has 6 nitrogen and oxygen atoms in total. The molecule has 0 atom stereocenters. The van der Waals surface area contributed by atoms with Gasteiger partial charge in [0.05, 0.1) is 26.1 Å². The van der Waals surface area contributed by atoms with E-state index >= 15 is 0 Å². The van der Waals surface area contributed by atoms with Gasteiger partial charge in [-0.05, 0) is 42.6 Å². The summed E-state index contributed by atoms with van der Waals surface area (Å²) < 4.78 is 19.6. The summed E-state index contributed by atoms with van der Waals surface area (Å²) in [5, 5.41) is 2.81. The number of methoxy groups -OCH3 is 1. The lowest BCUT2D eigenvalue weighted by Gasteiger charge is -2.27. The Labute approximate surface area is 141 Å². The van der Waals surface area contributed by atoms with Crippen molar-refractivity contribution in [2.75, 3.05) is 32.6 Å². The van der Waals surface area contributed by atoms with Crippen molar-refractivity contribution in [3.05, 3.63) is 29.8 Å². The molecule has 0 radical (unpaired) electrons. The van der Waals surface area contributed by atoms with Gasteiger partial charge in [-0.15, -0.1) is 0 Å². The van der Waals surface area contributed by atoms with Crippen LogP contribution in [0.25, 0.3) is 0 Å². The Morgan fingerprint density at radius 2 is 2.00 bits per heavy atom. The summed E-state index contributed by atoms with van der Waals surface area (Å²) in [5.74, 6) is 0.428. The van der Waals surface area contributed by atoms with Gasteiger partial charge in [-0.3, -0.25) is 4.72 Å². The predicted molar refractivity (Wildman–Crippen MR) is 90.5 cm³/mol. The van der Waals surface area contributed by atoms with Gasteiger partial charge >= 0.3 is 6.03 Å². The molecule has 128 valence electrons. The molecule has 0 spiro atoms. The van der Waals surface area contributed by atoms with Crippen LogP contribution < -0.4 is 14.8 Å². The van der Waals surface area contributed by atoms with E-state index in [0.29, 0.717) is 25.5 Å². The summed E-state index contributed by atoms with van der Waals surface area (Å²) in [7, 11) is 1.63. The normalized spacial score (nSPS) is 16.1. The van der Waals surface area contributed by atoms with Crippen LogP contribution in [0.15, 0.2) is 24.3 Å². The third kappa shape index (κ3) is 5.02. The topological polar surface area (TPSA) is 68.8 Å². The zero-order valence-electron chi connectivity index (χ0n) is 13.6. The lowest BCUT2D eigenvalue weighted by molar-refractivity contribution is -0.145. The molecule has 1 saturated heterocycles. The van der Waals surface area contributed by atoms with Crippen LogP contribution in [0.5, 0.6) is 5.75 Å².